The average molecular weight is 340 g/mol. The van der Waals surface area contributed by atoms with Crippen LogP contribution in [0.5, 0.6) is 0 Å². The minimum absolute atomic E-state index is 0.473. The van der Waals surface area contributed by atoms with Crippen LogP contribution in [-0.4, -0.2) is 0 Å². The van der Waals surface area contributed by atoms with E-state index in [1.54, 1.807) is 0 Å². The summed E-state index contributed by atoms with van der Waals surface area (Å²) >= 11 is 0. The van der Waals surface area contributed by atoms with Crippen molar-refractivity contribution in [3.05, 3.63) is 125 Å². The Morgan fingerprint density at radius 2 is 0.680 bits per heavy atom. The van der Waals surface area contributed by atoms with Gasteiger partial charge in [-0.15, -0.1) is 0 Å². The Morgan fingerprint density at radius 1 is 0.400 bits per heavy atom. The van der Waals surface area contributed by atoms with Gasteiger partial charge in [0, 0.05) is 0 Å². The second-order valence-electron chi connectivity index (χ2n) is 5.63. The first kappa shape index (κ1) is 17.1. The first-order valence-electron chi connectivity index (χ1n) is 8.37. The lowest BCUT2D eigenvalue weighted by Gasteiger charge is -2.03. The molecule has 0 aromatic heterocycles. The SMILES string of the molecule is C(=CP(C=Cc1ccccc1)C=Cc1ccccc1)c1ccccc1. The molecule has 0 bridgehead atoms. The molecule has 0 aliphatic rings. The van der Waals surface area contributed by atoms with Gasteiger partial charge in [0.25, 0.3) is 0 Å². The number of hydrogen-bond acceptors (Lipinski definition) is 0. The van der Waals surface area contributed by atoms with E-state index in [2.05, 4.69) is 108 Å². The molecule has 0 heterocycles. The molecule has 0 radical (unpaired) electrons. The predicted molar refractivity (Wildman–Crippen MR) is 113 cm³/mol. The third kappa shape index (κ3) is 6.03. The fourth-order valence-corrected chi connectivity index (χ4v) is 3.69. The van der Waals surface area contributed by atoms with Crippen molar-refractivity contribution in [1.82, 2.24) is 0 Å². The number of benzene rings is 3. The maximum Gasteiger partial charge on any atom is -0.0256 e. The molecule has 3 rings (SSSR count). The zero-order chi connectivity index (χ0) is 17.2. The topological polar surface area (TPSA) is 0 Å². The van der Waals surface area contributed by atoms with Gasteiger partial charge in [0.2, 0.25) is 0 Å². The molecule has 0 aliphatic heterocycles. The van der Waals surface area contributed by atoms with Crippen LogP contribution in [0.1, 0.15) is 16.7 Å². The third-order valence-electron chi connectivity index (χ3n) is 3.72. The Balaban J connectivity index is 1.79. The van der Waals surface area contributed by atoms with Crippen LogP contribution in [0.15, 0.2) is 108 Å². The van der Waals surface area contributed by atoms with Crippen LogP contribution in [0, 0.1) is 0 Å². The van der Waals surface area contributed by atoms with E-state index in [0.717, 1.165) is 0 Å². The number of hydrogen-bond donors (Lipinski definition) is 0. The van der Waals surface area contributed by atoms with Crippen molar-refractivity contribution >= 4 is 26.1 Å². The van der Waals surface area contributed by atoms with E-state index in [0.29, 0.717) is 0 Å². The molecule has 3 aromatic carbocycles. The van der Waals surface area contributed by atoms with Gasteiger partial charge in [0.1, 0.15) is 0 Å². The Morgan fingerprint density at radius 3 is 0.960 bits per heavy atom. The molecular formula is C24H21P. The molecule has 0 aliphatic carbocycles. The van der Waals surface area contributed by atoms with Gasteiger partial charge < -0.3 is 0 Å². The number of rotatable bonds is 6. The molecule has 0 unspecified atom stereocenters. The molecule has 122 valence electrons. The van der Waals surface area contributed by atoms with Gasteiger partial charge in [-0.25, -0.2) is 0 Å². The predicted octanol–water partition coefficient (Wildman–Crippen LogP) is 7.48. The fraction of sp³-hybridized carbons (Fsp3) is 0. The maximum absolute atomic E-state index is 2.30. The first-order chi connectivity index (χ1) is 12.4. The monoisotopic (exact) mass is 340 g/mol. The van der Waals surface area contributed by atoms with Crippen LogP contribution in [0.25, 0.3) is 18.2 Å². The molecule has 0 nitrogen and oxygen atoms in total. The molecule has 0 fully saturated rings. The van der Waals surface area contributed by atoms with E-state index >= 15 is 0 Å². The third-order valence-corrected chi connectivity index (χ3v) is 5.20. The van der Waals surface area contributed by atoms with Crippen molar-refractivity contribution in [2.45, 2.75) is 0 Å². The van der Waals surface area contributed by atoms with E-state index in [9.17, 15) is 0 Å². The standard InChI is InChI=1S/C24H21P/c1-4-10-22(11-5-1)16-19-25(20-17-23-12-6-2-7-13-23)21-18-24-14-8-3-9-15-24/h1-21H. The van der Waals surface area contributed by atoms with Crippen LogP contribution in [0.2, 0.25) is 0 Å². The highest BCUT2D eigenvalue weighted by molar-refractivity contribution is 7.67. The lowest BCUT2D eigenvalue weighted by Crippen LogP contribution is -1.70. The minimum Gasteiger partial charge on any atom is -0.0622 e. The summed E-state index contributed by atoms with van der Waals surface area (Å²) in [4.78, 5) is 0. The van der Waals surface area contributed by atoms with Crippen LogP contribution in [0.4, 0.5) is 0 Å². The lowest BCUT2D eigenvalue weighted by molar-refractivity contribution is 1.66. The lowest BCUT2D eigenvalue weighted by atomic mass is 10.2. The molecule has 0 spiro atoms. The molecule has 0 saturated carbocycles. The largest absolute Gasteiger partial charge is 0.0622 e. The molecule has 0 atom stereocenters. The van der Waals surface area contributed by atoms with E-state index in [1.165, 1.54) is 16.7 Å². The maximum atomic E-state index is 2.30. The summed E-state index contributed by atoms with van der Waals surface area (Å²) in [6.07, 6.45) is 6.61. The van der Waals surface area contributed by atoms with Gasteiger partial charge in [-0.2, -0.15) is 0 Å². The summed E-state index contributed by atoms with van der Waals surface area (Å²) < 4.78 is 0. The van der Waals surface area contributed by atoms with Crippen LogP contribution >= 0.6 is 7.92 Å². The summed E-state index contributed by atoms with van der Waals surface area (Å²) in [6, 6.07) is 31.3. The van der Waals surface area contributed by atoms with E-state index in [-0.39, 0.29) is 0 Å². The van der Waals surface area contributed by atoms with Crippen molar-refractivity contribution in [2.24, 2.45) is 0 Å². The molecule has 0 saturated heterocycles. The fourth-order valence-electron chi connectivity index (χ4n) is 2.36. The van der Waals surface area contributed by atoms with Crippen molar-refractivity contribution in [1.29, 1.82) is 0 Å². The molecule has 25 heavy (non-hydrogen) atoms. The van der Waals surface area contributed by atoms with Crippen molar-refractivity contribution in [2.75, 3.05) is 0 Å². The van der Waals surface area contributed by atoms with Crippen molar-refractivity contribution < 1.29 is 0 Å². The molecule has 1 heteroatoms. The Kier molecular flexibility index (Phi) is 6.56. The summed E-state index contributed by atoms with van der Waals surface area (Å²) in [5.41, 5.74) is 3.70. The summed E-state index contributed by atoms with van der Waals surface area (Å²) in [5, 5.41) is 0. The van der Waals surface area contributed by atoms with Gasteiger partial charge in [-0.1, -0.05) is 127 Å². The van der Waals surface area contributed by atoms with Crippen LogP contribution in [0.3, 0.4) is 0 Å². The Hall–Kier alpha value is -2.69. The highest BCUT2D eigenvalue weighted by Gasteiger charge is 1.95. The van der Waals surface area contributed by atoms with E-state index in [4.69, 9.17) is 0 Å². The van der Waals surface area contributed by atoms with E-state index in [1.807, 2.05) is 18.2 Å². The Bertz CT molecular complexity index is 713. The summed E-state index contributed by atoms with van der Waals surface area (Å²) in [6.45, 7) is 0. The molecule has 0 amide bonds. The Labute approximate surface area is 151 Å². The second-order valence-corrected chi connectivity index (χ2v) is 7.42. The molecule has 0 N–H and O–H groups in total. The van der Waals surface area contributed by atoms with Crippen molar-refractivity contribution in [3.63, 3.8) is 0 Å². The molecular weight excluding hydrogens is 319 g/mol. The first-order valence-corrected chi connectivity index (χ1v) is 9.92. The van der Waals surface area contributed by atoms with E-state index < -0.39 is 7.92 Å². The minimum atomic E-state index is -0.473. The summed E-state index contributed by atoms with van der Waals surface area (Å²) in [5.74, 6) is 6.89. The van der Waals surface area contributed by atoms with Gasteiger partial charge >= 0.3 is 0 Å². The quantitative estimate of drug-likeness (QED) is 0.408. The van der Waals surface area contributed by atoms with Crippen molar-refractivity contribution in [3.8, 4) is 0 Å². The average Bonchev–Trinajstić information content (AvgIpc) is 2.70. The second kappa shape index (κ2) is 9.57. The zero-order valence-corrected chi connectivity index (χ0v) is 15.0. The van der Waals surface area contributed by atoms with Crippen LogP contribution < -0.4 is 0 Å². The summed E-state index contributed by atoms with van der Waals surface area (Å²) in [7, 11) is -0.473. The van der Waals surface area contributed by atoms with Crippen LogP contribution in [-0.2, 0) is 0 Å². The van der Waals surface area contributed by atoms with Gasteiger partial charge in [-0.3, -0.25) is 0 Å². The smallest absolute Gasteiger partial charge is 0.0256 e. The zero-order valence-electron chi connectivity index (χ0n) is 14.1. The van der Waals surface area contributed by atoms with Gasteiger partial charge in [0.05, 0.1) is 0 Å². The molecule has 3 aromatic rings. The van der Waals surface area contributed by atoms with Gasteiger partial charge in [-0.05, 0) is 24.6 Å². The highest BCUT2D eigenvalue weighted by atomic mass is 31.1. The normalized spacial score (nSPS) is 13.0. The van der Waals surface area contributed by atoms with Gasteiger partial charge in [0.15, 0.2) is 0 Å². The highest BCUT2D eigenvalue weighted by Crippen LogP contribution is 2.42.